The Morgan fingerprint density at radius 1 is 1.11 bits per heavy atom. The molecule has 1 aliphatic carbocycles. The van der Waals surface area contributed by atoms with E-state index in [0.29, 0.717) is 30.3 Å². The summed E-state index contributed by atoms with van der Waals surface area (Å²) in [5.74, 6) is 1.29. The Morgan fingerprint density at radius 2 is 1.93 bits per heavy atom. The summed E-state index contributed by atoms with van der Waals surface area (Å²) in [4.78, 5) is 0. The maximum Gasteiger partial charge on any atom is 0.416 e. The van der Waals surface area contributed by atoms with Gasteiger partial charge in [0.05, 0.1) is 5.56 Å². The van der Waals surface area contributed by atoms with Crippen LogP contribution in [0.4, 0.5) is 18.9 Å². The van der Waals surface area contributed by atoms with Crippen molar-refractivity contribution in [2.24, 2.45) is 11.7 Å². The van der Waals surface area contributed by atoms with Crippen molar-refractivity contribution < 1.29 is 17.9 Å². The second-order valence-electron chi connectivity index (χ2n) is 7.56. The number of rotatable bonds is 3. The summed E-state index contributed by atoms with van der Waals surface area (Å²) >= 11 is 0. The summed E-state index contributed by atoms with van der Waals surface area (Å²) < 4.78 is 45.9. The van der Waals surface area contributed by atoms with Crippen LogP contribution in [0, 0.1) is 5.92 Å². The van der Waals surface area contributed by atoms with E-state index in [-0.39, 0.29) is 11.8 Å². The highest BCUT2D eigenvalue weighted by Crippen LogP contribution is 2.44. The van der Waals surface area contributed by atoms with Gasteiger partial charge in [-0.25, -0.2) is 0 Å². The van der Waals surface area contributed by atoms with Crippen LogP contribution in [0.15, 0.2) is 36.4 Å². The summed E-state index contributed by atoms with van der Waals surface area (Å²) in [6.45, 7) is 0.628. The van der Waals surface area contributed by atoms with E-state index >= 15 is 0 Å². The van der Waals surface area contributed by atoms with Gasteiger partial charge in [0.2, 0.25) is 0 Å². The molecule has 0 radical (unpaired) electrons. The quantitative estimate of drug-likeness (QED) is 0.649. The Bertz CT molecular complexity index is 835. The molecular formula is C21H23F3N2O. The molecule has 2 unspecified atom stereocenters. The maximum absolute atomic E-state index is 13.4. The van der Waals surface area contributed by atoms with Crippen molar-refractivity contribution in [2.75, 3.05) is 11.9 Å². The van der Waals surface area contributed by atoms with Crippen molar-refractivity contribution in [1.82, 2.24) is 0 Å². The number of hydrogen-bond donors (Lipinski definition) is 2. The topological polar surface area (TPSA) is 47.3 Å². The molecular weight excluding hydrogens is 353 g/mol. The molecule has 1 heterocycles. The lowest BCUT2D eigenvalue weighted by atomic mass is 9.86. The van der Waals surface area contributed by atoms with Crippen molar-refractivity contribution in [2.45, 2.75) is 44.3 Å². The summed E-state index contributed by atoms with van der Waals surface area (Å²) in [5, 5.41) is 3.27. The zero-order chi connectivity index (χ0) is 19.0. The third-order valence-corrected chi connectivity index (χ3v) is 5.50. The molecule has 0 spiro atoms. The lowest BCUT2D eigenvalue weighted by Gasteiger charge is -2.29. The number of ether oxygens (including phenoxy) is 1. The fraction of sp³-hybridized carbons (Fsp3) is 0.429. The number of para-hydroxylation sites is 1. The summed E-state index contributed by atoms with van der Waals surface area (Å²) in [7, 11) is 0. The zero-order valence-electron chi connectivity index (χ0n) is 15.0. The van der Waals surface area contributed by atoms with Crippen molar-refractivity contribution in [3.05, 3.63) is 53.1 Å². The molecule has 0 saturated heterocycles. The highest BCUT2D eigenvalue weighted by Gasteiger charge is 2.34. The van der Waals surface area contributed by atoms with Crippen LogP contribution in [-0.2, 0) is 12.6 Å². The predicted molar refractivity (Wildman–Crippen MR) is 99.2 cm³/mol. The van der Waals surface area contributed by atoms with E-state index in [0.717, 1.165) is 42.9 Å². The van der Waals surface area contributed by atoms with Gasteiger partial charge < -0.3 is 15.8 Å². The van der Waals surface area contributed by atoms with Crippen LogP contribution < -0.4 is 15.8 Å². The molecule has 0 amide bonds. The number of nitrogens with two attached hydrogens (primary N) is 1. The first-order valence-electron chi connectivity index (χ1n) is 9.39. The first-order chi connectivity index (χ1) is 12.9. The molecule has 4 rings (SSSR count). The van der Waals surface area contributed by atoms with E-state index in [1.807, 2.05) is 18.2 Å². The van der Waals surface area contributed by atoms with Crippen molar-refractivity contribution in [3.8, 4) is 11.5 Å². The van der Waals surface area contributed by atoms with Crippen LogP contribution in [0.1, 0.15) is 42.4 Å². The lowest BCUT2D eigenvalue weighted by molar-refractivity contribution is -0.137. The Balaban J connectivity index is 1.63. The van der Waals surface area contributed by atoms with E-state index in [1.54, 1.807) is 6.07 Å². The molecule has 2 atom stereocenters. The molecule has 1 saturated carbocycles. The number of alkyl halides is 3. The number of anilines is 1. The van der Waals surface area contributed by atoms with Gasteiger partial charge in [0.25, 0.3) is 0 Å². The van der Waals surface area contributed by atoms with E-state index < -0.39 is 11.7 Å². The molecule has 3 nitrogen and oxygen atoms in total. The molecule has 27 heavy (non-hydrogen) atoms. The van der Waals surface area contributed by atoms with Gasteiger partial charge in [0.15, 0.2) is 0 Å². The Hall–Kier alpha value is -2.21. The minimum atomic E-state index is -4.42. The molecule has 2 aromatic rings. The van der Waals surface area contributed by atoms with Gasteiger partial charge >= 0.3 is 6.18 Å². The van der Waals surface area contributed by atoms with Crippen LogP contribution in [0.3, 0.4) is 0 Å². The fourth-order valence-electron chi connectivity index (χ4n) is 4.07. The SMILES string of the molecule is NC1CCCC(CNc2cc(C(F)(F)F)cc3c2Cc2ccccc2O3)C1. The largest absolute Gasteiger partial charge is 0.457 e. The van der Waals surface area contributed by atoms with E-state index in [9.17, 15) is 13.2 Å². The van der Waals surface area contributed by atoms with E-state index in [1.165, 1.54) is 6.07 Å². The number of fused-ring (bicyclic) bond motifs is 2. The molecule has 0 bridgehead atoms. The summed E-state index contributed by atoms with van der Waals surface area (Å²) in [6, 6.07) is 9.97. The molecule has 2 aromatic carbocycles. The Morgan fingerprint density at radius 3 is 2.70 bits per heavy atom. The van der Waals surface area contributed by atoms with Crippen LogP contribution in [0.2, 0.25) is 0 Å². The standard InChI is InChI=1S/C21H23F3N2O/c22-21(23,24)15-10-18(26-12-13-4-3-6-16(25)8-13)17-9-14-5-1-2-7-19(14)27-20(17)11-15/h1-2,5,7,10-11,13,16,26H,3-4,6,8-9,12,25H2. The van der Waals surface area contributed by atoms with Gasteiger partial charge in [-0.1, -0.05) is 24.6 Å². The van der Waals surface area contributed by atoms with Crippen molar-refractivity contribution in [3.63, 3.8) is 0 Å². The summed E-state index contributed by atoms with van der Waals surface area (Å²) in [5.41, 5.74) is 7.62. The van der Waals surface area contributed by atoms with Gasteiger partial charge in [-0.15, -0.1) is 0 Å². The molecule has 144 valence electrons. The Labute approximate surface area is 156 Å². The highest BCUT2D eigenvalue weighted by molar-refractivity contribution is 5.65. The number of halogens is 3. The average molecular weight is 376 g/mol. The van der Waals surface area contributed by atoms with Gasteiger partial charge in [0, 0.05) is 30.3 Å². The smallest absolute Gasteiger partial charge is 0.416 e. The van der Waals surface area contributed by atoms with Crippen molar-refractivity contribution in [1.29, 1.82) is 0 Å². The molecule has 6 heteroatoms. The average Bonchev–Trinajstić information content (AvgIpc) is 2.63. The second-order valence-corrected chi connectivity index (χ2v) is 7.56. The van der Waals surface area contributed by atoms with Crippen LogP contribution in [0.25, 0.3) is 0 Å². The first-order valence-corrected chi connectivity index (χ1v) is 9.39. The van der Waals surface area contributed by atoms with Gasteiger partial charge in [-0.3, -0.25) is 0 Å². The second kappa shape index (κ2) is 7.08. The fourth-order valence-corrected chi connectivity index (χ4v) is 4.07. The van der Waals surface area contributed by atoms with E-state index in [2.05, 4.69) is 5.32 Å². The van der Waals surface area contributed by atoms with Gasteiger partial charge in [-0.2, -0.15) is 13.2 Å². The van der Waals surface area contributed by atoms with Gasteiger partial charge in [0.1, 0.15) is 11.5 Å². The maximum atomic E-state index is 13.4. The highest BCUT2D eigenvalue weighted by atomic mass is 19.4. The normalized spacial score (nSPS) is 21.8. The summed E-state index contributed by atoms with van der Waals surface area (Å²) in [6.07, 6.45) is 0.203. The minimum absolute atomic E-state index is 0.191. The third-order valence-electron chi connectivity index (χ3n) is 5.50. The monoisotopic (exact) mass is 376 g/mol. The minimum Gasteiger partial charge on any atom is -0.457 e. The molecule has 1 fully saturated rings. The van der Waals surface area contributed by atoms with E-state index in [4.69, 9.17) is 10.5 Å². The first kappa shape index (κ1) is 18.2. The number of hydrogen-bond acceptors (Lipinski definition) is 3. The number of benzene rings is 2. The van der Waals surface area contributed by atoms with Crippen molar-refractivity contribution >= 4 is 5.69 Å². The zero-order valence-corrected chi connectivity index (χ0v) is 15.0. The third kappa shape index (κ3) is 3.90. The molecule has 2 aliphatic rings. The lowest BCUT2D eigenvalue weighted by Crippen LogP contribution is -2.31. The Kier molecular flexibility index (Phi) is 4.76. The molecule has 1 aliphatic heterocycles. The van der Waals surface area contributed by atoms with Crippen LogP contribution in [-0.4, -0.2) is 12.6 Å². The predicted octanol–water partition coefficient (Wildman–Crippen LogP) is 5.33. The van der Waals surface area contributed by atoms with Gasteiger partial charge in [-0.05, 0) is 48.9 Å². The van der Waals surface area contributed by atoms with Crippen LogP contribution >= 0.6 is 0 Å². The number of nitrogens with one attached hydrogen (secondary N) is 1. The molecule has 3 N–H and O–H groups in total. The molecule has 0 aromatic heterocycles. The van der Waals surface area contributed by atoms with Crippen LogP contribution in [0.5, 0.6) is 11.5 Å².